The van der Waals surface area contributed by atoms with E-state index in [4.69, 9.17) is 49.6 Å². The predicted molar refractivity (Wildman–Crippen MR) is 156 cm³/mol. The number of nitrogen functional groups attached to an aromatic ring is 1. The second kappa shape index (κ2) is 12.6. The molecule has 4 rings (SSSR count). The number of primary amides is 1. The molecule has 0 spiro atoms. The Hall–Kier alpha value is -4.20. The number of methoxy groups -OCH3 is 1. The number of halogens is 2. The van der Waals surface area contributed by atoms with Gasteiger partial charge in [-0.3, -0.25) is 10.2 Å². The molecule has 4 aromatic carbocycles. The van der Waals surface area contributed by atoms with E-state index in [9.17, 15) is 4.79 Å². The molecule has 0 heterocycles. The van der Waals surface area contributed by atoms with Gasteiger partial charge in [0.25, 0.3) is 0 Å². The fourth-order valence-corrected chi connectivity index (χ4v) is 4.84. The van der Waals surface area contributed by atoms with Gasteiger partial charge in [0.1, 0.15) is 18.5 Å². The average molecular weight is 563 g/mol. The van der Waals surface area contributed by atoms with Gasteiger partial charge in [-0.05, 0) is 71.3 Å². The Morgan fingerprint density at radius 1 is 0.872 bits per heavy atom. The molecule has 0 bridgehead atoms. The van der Waals surface area contributed by atoms with Crippen molar-refractivity contribution in [3.05, 3.63) is 123 Å². The summed E-state index contributed by atoms with van der Waals surface area (Å²) in [6.07, 6.45) is 0. The van der Waals surface area contributed by atoms with Gasteiger partial charge in [-0.25, -0.2) is 0 Å². The summed E-state index contributed by atoms with van der Waals surface area (Å²) < 4.78 is 11.6. The molecular formula is C30H28Cl2N4O3. The van der Waals surface area contributed by atoms with Crippen LogP contribution in [-0.4, -0.2) is 18.9 Å². The lowest BCUT2D eigenvalue weighted by Crippen LogP contribution is -2.37. The zero-order valence-electron chi connectivity index (χ0n) is 21.2. The van der Waals surface area contributed by atoms with Gasteiger partial charge in [0, 0.05) is 27.8 Å². The molecule has 0 fully saturated rings. The number of amides is 1. The van der Waals surface area contributed by atoms with E-state index < -0.39 is 11.9 Å². The van der Waals surface area contributed by atoms with Gasteiger partial charge < -0.3 is 25.8 Å². The molecule has 39 heavy (non-hydrogen) atoms. The summed E-state index contributed by atoms with van der Waals surface area (Å²) in [6, 6.07) is 26.6. The highest BCUT2D eigenvalue weighted by Crippen LogP contribution is 2.35. The van der Waals surface area contributed by atoms with Crippen molar-refractivity contribution in [3.8, 4) is 11.5 Å². The maximum absolute atomic E-state index is 13.0. The summed E-state index contributed by atoms with van der Waals surface area (Å²) in [6.45, 7) is 0.627. The number of anilines is 1. The molecule has 9 heteroatoms. The summed E-state index contributed by atoms with van der Waals surface area (Å²) in [4.78, 5) is 14.9. The second-order valence-corrected chi connectivity index (χ2v) is 9.73. The first-order chi connectivity index (χ1) is 18.7. The maximum atomic E-state index is 13.0. The van der Waals surface area contributed by atoms with E-state index in [0.717, 1.165) is 16.8 Å². The Balaban J connectivity index is 1.68. The van der Waals surface area contributed by atoms with Crippen LogP contribution in [0.4, 0.5) is 5.69 Å². The lowest BCUT2D eigenvalue weighted by atomic mass is 10.0. The topological polar surface area (TPSA) is 115 Å². The molecule has 1 amide bonds. The highest BCUT2D eigenvalue weighted by molar-refractivity contribution is 6.34. The molecule has 0 radical (unpaired) electrons. The zero-order valence-corrected chi connectivity index (χ0v) is 22.7. The third-order valence-corrected chi connectivity index (χ3v) is 6.54. The number of ether oxygens (including phenoxy) is 2. The molecule has 0 aliphatic carbocycles. The SMILES string of the molecule is COc1cc(C(C(N)=O)N(Cc2ccccc2)c2ccc(C(=N)N)cc2)ccc1OCc1cc(Cl)cc(Cl)c1. The first-order valence-corrected chi connectivity index (χ1v) is 12.8. The Labute approximate surface area is 237 Å². The van der Waals surface area contributed by atoms with E-state index in [2.05, 4.69) is 0 Å². The Bertz CT molecular complexity index is 1440. The first-order valence-electron chi connectivity index (χ1n) is 12.0. The molecule has 0 aliphatic rings. The third-order valence-electron chi connectivity index (χ3n) is 6.11. The van der Waals surface area contributed by atoms with Gasteiger partial charge >= 0.3 is 0 Å². The predicted octanol–water partition coefficient (Wildman–Crippen LogP) is 6.10. The number of rotatable bonds is 11. The second-order valence-electron chi connectivity index (χ2n) is 8.86. The first kappa shape index (κ1) is 27.8. The standard InChI is InChI=1S/C30H28Cl2N4O3/c1-38-27-15-22(9-12-26(27)39-18-20-13-23(31)16-24(32)14-20)28(30(35)37)36(17-19-5-3-2-4-6-19)25-10-7-21(8-11-25)29(33)34/h2-16,28H,17-18H2,1H3,(H3,33,34)(H2,35,37). The highest BCUT2D eigenvalue weighted by atomic mass is 35.5. The van der Waals surface area contributed by atoms with E-state index >= 15 is 0 Å². The van der Waals surface area contributed by atoms with Crippen LogP contribution in [0.15, 0.2) is 91.0 Å². The monoisotopic (exact) mass is 562 g/mol. The molecule has 1 unspecified atom stereocenters. The normalized spacial score (nSPS) is 11.5. The van der Waals surface area contributed by atoms with Crippen LogP contribution in [0.3, 0.4) is 0 Å². The molecule has 5 N–H and O–H groups in total. The number of nitrogens with one attached hydrogen (secondary N) is 1. The van der Waals surface area contributed by atoms with Crippen LogP contribution in [0.5, 0.6) is 11.5 Å². The number of amidine groups is 1. The summed E-state index contributed by atoms with van der Waals surface area (Å²) in [5, 5.41) is 8.74. The largest absolute Gasteiger partial charge is 0.493 e. The van der Waals surface area contributed by atoms with Gasteiger partial charge in [0.05, 0.1) is 7.11 Å². The Morgan fingerprint density at radius 3 is 2.13 bits per heavy atom. The Kier molecular flexibility index (Phi) is 8.96. The summed E-state index contributed by atoms with van der Waals surface area (Å²) >= 11 is 12.2. The number of hydrogen-bond acceptors (Lipinski definition) is 5. The molecule has 0 saturated carbocycles. The number of carbonyl (C=O) groups is 1. The lowest BCUT2D eigenvalue weighted by molar-refractivity contribution is -0.119. The number of nitrogens with zero attached hydrogens (tertiary/aromatic N) is 1. The summed E-state index contributed by atoms with van der Waals surface area (Å²) in [7, 11) is 1.53. The van der Waals surface area contributed by atoms with Crippen LogP contribution in [0.25, 0.3) is 0 Å². The van der Waals surface area contributed by atoms with Gasteiger partial charge in [-0.15, -0.1) is 0 Å². The van der Waals surface area contributed by atoms with Crippen LogP contribution in [0, 0.1) is 5.41 Å². The average Bonchev–Trinajstić information content (AvgIpc) is 2.91. The maximum Gasteiger partial charge on any atom is 0.244 e. The fourth-order valence-electron chi connectivity index (χ4n) is 4.27. The zero-order chi connectivity index (χ0) is 27.9. The van der Waals surface area contributed by atoms with Crippen molar-refractivity contribution >= 4 is 40.6 Å². The van der Waals surface area contributed by atoms with Crippen LogP contribution in [0.2, 0.25) is 10.0 Å². The van der Waals surface area contributed by atoms with Crippen LogP contribution >= 0.6 is 23.2 Å². The van der Waals surface area contributed by atoms with E-state index in [1.54, 1.807) is 48.5 Å². The van der Waals surface area contributed by atoms with Crippen molar-refractivity contribution < 1.29 is 14.3 Å². The minimum absolute atomic E-state index is 0.0389. The van der Waals surface area contributed by atoms with Crippen molar-refractivity contribution in [2.45, 2.75) is 19.2 Å². The number of carbonyl (C=O) groups excluding carboxylic acids is 1. The highest BCUT2D eigenvalue weighted by Gasteiger charge is 2.28. The molecular weight excluding hydrogens is 535 g/mol. The lowest BCUT2D eigenvalue weighted by Gasteiger charge is -2.32. The number of hydrogen-bond donors (Lipinski definition) is 3. The number of nitrogens with two attached hydrogens (primary N) is 2. The third kappa shape index (κ3) is 7.02. The van der Waals surface area contributed by atoms with Gasteiger partial charge in [-0.1, -0.05) is 59.6 Å². The molecule has 7 nitrogen and oxygen atoms in total. The molecule has 200 valence electrons. The van der Waals surface area contributed by atoms with Crippen LogP contribution < -0.4 is 25.8 Å². The minimum Gasteiger partial charge on any atom is -0.493 e. The molecule has 0 saturated heterocycles. The van der Waals surface area contributed by atoms with E-state index in [0.29, 0.717) is 39.2 Å². The minimum atomic E-state index is -0.830. The Morgan fingerprint density at radius 2 is 1.54 bits per heavy atom. The molecule has 1 atom stereocenters. The van der Waals surface area contributed by atoms with E-state index in [1.165, 1.54) is 7.11 Å². The summed E-state index contributed by atoms with van der Waals surface area (Å²) in [5.41, 5.74) is 15.4. The van der Waals surface area contributed by atoms with Crippen LogP contribution in [0.1, 0.15) is 28.3 Å². The molecule has 0 aliphatic heterocycles. The molecule has 4 aromatic rings. The van der Waals surface area contributed by atoms with E-state index in [1.807, 2.05) is 47.4 Å². The molecule has 0 aromatic heterocycles. The van der Waals surface area contributed by atoms with E-state index in [-0.39, 0.29) is 12.4 Å². The van der Waals surface area contributed by atoms with Gasteiger partial charge in [0.15, 0.2) is 11.5 Å². The summed E-state index contributed by atoms with van der Waals surface area (Å²) in [5.74, 6) is 0.355. The fraction of sp³-hybridized carbons (Fsp3) is 0.133. The van der Waals surface area contributed by atoms with Gasteiger partial charge in [0.2, 0.25) is 5.91 Å². The van der Waals surface area contributed by atoms with Crippen molar-refractivity contribution in [3.63, 3.8) is 0 Å². The van der Waals surface area contributed by atoms with Crippen molar-refractivity contribution in [1.82, 2.24) is 0 Å². The van der Waals surface area contributed by atoms with Crippen molar-refractivity contribution in [2.75, 3.05) is 12.0 Å². The number of benzene rings is 4. The van der Waals surface area contributed by atoms with Crippen molar-refractivity contribution in [2.24, 2.45) is 11.5 Å². The van der Waals surface area contributed by atoms with Crippen LogP contribution in [-0.2, 0) is 17.9 Å². The van der Waals surface area contributed by atoms with Crippen molar-refractivity contribution in [1.29, 1.82) is 5.41 Å². The smallest absolute Gasteiger partial charge is 0.244 e. The van der Waals surface area contributed by atoms with Gasteiger partial charge in [-0.2, -0.15) is 0 Å². The quantitative estimate of drug-likeness (QED) is 0.151.